The topological polar surface area (TPSA) is 115 Å². The zero-order valence-corrected chi connectivity index (χ0v) is 13.6. The number of benzene rings is 1. The van der Waals surface area contributed by atoms with Crippen LogP contribution in [0.4, 0.5) is 5.69 Å². The molecule has 130 valence electrons. The molecule has 0 saturated carbocycles. The van der Waals surface area contributed by atoms with Crippen LogP contribution in [0.25, 0.3) is 0 Å². The lowest BCUT2D eigenvalue weighted by molar-refractivity contribution is -0.119. The molecule has 0 aliphatic heterocycles. The van der Waals surface area contributed by atoms with Crippen molar-refractivity contribution in [3.8, 4) is 0 Å². The molecular formula is C17H16N2O6. The number of H-pyrrole nitrogens is 1. The molecule has 0 unspecified atom stereocenters. The lowest BCUT2D eigenvalue weighted by Crippen LogP contribution is -2.22. The predicted molar refractivity (Wildman–Crippen MR) is 87.5 cm³/mol. The molecule has 25 heavy (non-hydrogen) atoms. The van der Waals surface area contributed by atoms with Gasteiger partial charge in [-0.2, -0.15) is 0 Å². The first-order chi connectivity index (χ1) is 11.9. The number of esters is 2. The predicted octanol–water partition coefficient (Wildman–Crippen LogP) is 1.80. The van der Waals surface area contributed by atoms with Gasteiger partial charge in [-0.15, -0.1) is 0 Å². The molecule has 0 atom stereocenters. The first kappa shape index (κ1) is 17.9. The van der Waals surface area contributed by atoms with Crippen LogP contribution in [-0.4, -0.2) is 42.3 Å². The van der Waals surface area contributed by atoms with Crippen molar-refractivity contribution in [3.63, 3.8) is 0 Å². The van der Waals surface area contributed by atoms with E-state index in [1.807, 2.05) is 0 Å². The van der Waals surface area contributed by atoms with Gasteiger partial charge in [-0.1, -0.05) is 12.1 Å². The highest BCUT2D eigenvalue weighted by molar-refractivity contribution is 6.02. The van der Waals surface area contributed by atoms with Gasteiger partial charge in [-0.05, 0) is 25.1 Å². The fraction of sp³-hybridized carbons (Fsp3) is 0.176. The van der Waals surface area contributed by atoms with Gasteiger partial charge in [-0.25, -0.2) is 9.59 Å². The Morgan fingerprint density at radius 1 is 1.12 bits per heavy atom. The number of aromatic nitrogens is 1. The van der Waals surface area contributed by atoms with E-state index in [1.54, 1.807) is 12.1 Å². The molecule has 0 aliphatic rings. The van der Waals surface area contributed by atoms with E-state index < -0.39 is 24.5 Å². The Hall–Kier alpha value is -3.42. The van der Waals surface area contributed by atoms with Gasteiger partial charge >= 0.3 is 11.9 Å². The fourth-order valence-corrected chi connectivity index (χ4v) is 1.99. The first-order valence-electron chi connectivity index (χ1n) is 7.26. The zero-order chi connectivity index (χ0) is 18.4. The molecule has 0 fully saturated rings. The van der Waals surface area contributed by atoms with Crippen molar-refractivity contribution in [3.05, 3.63) is 53.3 Å². The van der Waals surface area contributed by atoms with Gasteiger partial charge in [0.2, 0.25) is 0 Å². The number of amides is 1. The molecule has 0 radical (unpaired) electrons. The second-order valence-electron chi connectivity index (χ2n) is 5.02. The molecule has 2 aromatic rings. The number of carbonyl (C=O) groups is 4. The first-order valence-corrected chi connectivity index (χ1v) is 7.26. The summed E-state index contributed by atoms with van der Waals surface area (Å²) in [5.74, 6) is -2.20. The largest absolute Gasteiger partial charge is 0.465 e. The third-order valence-electron chi connectivity index (χ3n) is 3.25. The lowest BCUT2D eigenvalue weighted by Gasteiger charge is -2.09. The van der Waals surface area contributed by atoms with Crippen LogP contribution in [0.1, 0.15) is 38.1 Å². The van der Waals surface area contributed by atoms with Crippen molar-refractivity contribution < 1.29 is 28.7 Å². The van der Waals surface area contributed by atoms with Crippen LogP contribution in [0.5, 0.6) is 0 Å². The second kappa shape index (κ2) is 7.91. The molecule has 1 amide bonds. The van der Waals surface area contributed by atoms with Gasteiger partial charge in [0.05, 0.1) is 18.4 Å². The summed E-state index contributed by atoms with van der Waals surface area (Å²) in [4.78, 5) is 49.2. The number of para-hydroxylation sites is 1. The summed E-state index contributed by atoms with van der Waals surface area (Å²) in [5.41, 5.74) is 0.825. The highest BCUT2D eigenvalue weighted by atomic mass is 16.5. The Labute approximate surface area is 143 Å². The molecule has 2 rings (SSSR count). The Balaban J connectivity index is 1.96. The normalized spacial score (nSPS) is 10.0. The maximum absolute atomic E-state index is 11.9. The standard InChI is InChI=1S/C17H16N2O6/c1-10(20)11-7-14(18-8-11)17(23)25-9-15(21)19-13-6-4-3-5-12(13)16(22)24-2/h3-8,18H,9H2,1-2H3,(H,19,21). The molecular weight excluding hydrogens is 328 g/mol. The van der Waals surface area contributed by atoms with E-state index in [0.29, 0.717) is 5.56 Å². The molecule has 8 heteroatoms. The summed E-state index contributed by atoms with van der Waals surface area (Å²) in [5, 5.41) is 2.47. The third-order valence-corrected chi connectivity index (χ3v) is 3.25. The van der Waals surface area contributed by atoms with Gasteiger partial charge < -0.3 is 19.8 Å². The minimum atomic E-state index is -0.774. The van der Waals surface area contributed by atoms with Gasteiger partial charge in [0.1, 0.15) is 5.69 Å². The van der Waals surface area contributed by atoms with Crippen LogP contribution < -0.4 is 5.32 Å². The summed E-state index contributed by atoms with van der Waals surface area (Å²) in [7, 11) is 1.23. The number of anilines is 1. The van der Waals surface area contributed by atoms with Gasteiger partial charge in [-0.3, -0.25) is 9.59 Å². The number of rotatable bonds is 6. The van der Waals surface area contributed by atoms with E-state index in [9.17, 15) is 19.2 Å². The molecule has 2 N–H and O–H groups in total. The smallest absolute Gasteiger partial charge is 0.355 e. The van der Waals surface area contributed by atoms with Crippen molar-refractivity contribution in [2.24, 2.45) is 0 Å². The Kier molecular flexibility index (Phi) is 5.67. The average molecular weight is 344 g/mol. The number of ether oxygens (including phenoxy) is 2. The quantitative estimate of drug-likeness (QED) is 0.610. The summed E-state index contributed by atoms with van der Waals surface area (Å²) < 4.78 is 9.50. The molecule has 0 spiro atoms. The Bertz CT molecular complexity index is 824. The van der Waals surface area contributed by atoms with Gasteiger partial charge in [0.15, 0.2) is 12.4 Å². The number of nitrogens with one attached hydrogen (secondary N) is 2. The van der Waals surface area contributed by atoms with E-state index >= 15 is 0 Å². The van der Waals surface area contributed by atoms with Gasteiger partial charge in [0.25, 0.3) is 5.91 Å². The number of ketones is 1. The lowest BCUT2D eigenvalue weighted by atomic mass is 10.2. The van der Waals surface area contributed by atoms with Crippen molar-refractivity contribution in [2.45, 2.75) is 6.92 Å². The Morgan fingerprint density at radius 3 is 2.48 bits per heavy atom. The van der Waals surface area contributed by atoms with E-state index in [2.05, 4.69) is 15.0 Å². The van der Waals surface area contributed by atoms with Crippen LogP contribution >= 0.6 is 0 Å². The molecule has 8 nitrogen and oxygen atoms in total. The number of hydrogen-bond donors (Lipinski definition) is 2. The molecule has 1 aromatic heterocycles. The van der Waals surface area contributed by atoms with Crippen molar-refractivity contribution in [1.82, 2.24) is 4.98 Å². The van der Waals surface area contributed by atoms with Crippen molar-refractivity contribution in [2.75, 3.05) is 19.0 Å². The molecule has 0 bridgehead atoms. The van der Waals surface area contributed by atoms with Crippen molar-refractivity contribution in [1.29, 1.82) is 0 Å². The maximum Gasteiger partial charge on any atom is 0.355 e. The highest BCUT2D eigenvalue weighted by Gasteiger charge is 2.16. The summed E-state index contributed by atoms with van der Waals surface area (Å²) in [6.07, 6.45) is 1.38. The molecule has 1 heterocycles. The molecule has 0 saturated heterocycles. The van der Waals surface area contributed by atoms with E-state index in [1.165, 1.54) is 38.4 Å². The van der Waals surface area contributed by atoms with Crippen LogP contribution in [0, 0.1) is 0 Å². The third kappa shape index (κ3) is 4.54. The number of aromatic amines is 1. The summed E-state index contributed by atoms with van der Waals surface area (Å²) in [6.45, 7) is 0.813. The highest BCUT2D eigenvalue weighted by Crippen LogP contribution is 2.16. The summed E-state index contributed by atoms with van der Waals surface area (Å²) in [6, 6.07) is 7.62. The number of methoxy groups -OCH3 is 1. The summed E-state index contributed by atoms with van der Waals surface area (Å²) >= 11 is 0. The van der Waals surface area contributed by atoms with Crippen LogP contribution in [0.2, 0.25) is 0 Å². The SMILES string of the molecule is COC(=O)c1ccccc1NC(=O)COC(=O)c1cc(C(C)=O)c[nH]1. The minimum absolute atomic E-state index is 0.0629. The van der Waals surface area contributed by atoms with E-state index in [4.69, 9.17) is 4.74 Å². The number of carbonyl (C=O) groups excluding carboxylic acids is 4. The van der Waals surface area contributed by atoms with Crippen LogP contribution in [0.15, 0.2) is 36.5 Å². The van der Waals surface area contributed by atoms with Crippen molar-refractivity contribution >= 4 is 29.3 Å². The molecule has 1 aromatic carbocycles. The number of Topliss-reactive ketones (excluding diaryl/α,β-unsaturated/α-hetero) is 1. The van der Waals surface area contributed by atoms with Crippen LogP contribution in [0.3, 0.4) is 0 Å². The van der Waals surface area contributed by atoms with Crippen LogP contribution in [-0.2, 0) is 14.3 Å². The zero-order valence-electron chi connectivity index (χ0n) is 13.6. The maximum atomic E-state index is 11.9. The van der Waals surface area contributed by atoms with Gasteiger partial charge in [0, 0.05) is 11.8 Å². The molecule has 0 aliphatic carbocycles. The fourth-order valence-electron chi connectivity index (χ4n) is 1.99. The Morgan fingerprint density at radius 2 is 1.84 bits per heavy atom. The minimum Gasteiger partial charge on any atom is -0.465 e. The second-order valence-corrected chi connectivity index (χ2v) is 5.02. The average Bonchev–Trinajstić information content (AvgIpc) is 3.10. The van der Waals surface area contributed by atoms with E-state index in [0.717, 1.165) is 0 Å². The monoisotopic (exact) mass is 344 g/mol. The number of hydrogen-bond acceptors (Lipinski definition) is 6. The van der Waals surface area contributed by atoms with E-state index in [-0.39, 0.29) is 22.7 Å².